The Hall–Kier alpha value is -2.35. The van der Waals surface area contributed by atoms with Gasteiger partial charge in [-0.25, -0.2) is 9.97 Å². The summed E-state index contributed by atoms with van der Waals surface area (Å²) in [5.74, 6) is 0.107. The summed E-state index contributed by atoms with van der Waals surface area (Å²) < 4.78 is 0. The molecule has 0 saturated carbocycles. The molecule has 1 atom stereocenters. The molecule has 0 aromatic carbocycles. The highest BCUT2D eigenvalue weighted by atomic mass is 16.2. The molecule has 1 aromatic heterocycles. The second kappa shape index (κ2) is 7.04. The summed E-state index contributed by atoms with van der Waals surface area (Å²) in [7, 11) is 0. The number of nitrogens with zero attached hydrogens (tertiary/aromatic N) is 5. The zero-order valence-electron chi connectivity index (χ0n) is 13.7. The number of carbonyl (C=O) groups excluding carboxylic acids is 3. The maximum atomic E-state index is 12.3. The van der Waals surface area contributed by atoms with Crippen molar-refractivity contribution in [1.29, 1.82) is 0 Å². The van der Waals surface area contributed by atoms with Crippen molar-refractivity contribution in [2.24, 2.45) is 0 Å². The van der Waals surface area contributed by atoms with Gasteiger partial charge < -0.3 is 4.90 Å². The Morgan fingerprint density at radius 2 is 1.67 bits per heavy atom. The molecule has 3 amide bonds. The lowest BCUT2D eigenvalue weighted by Crippen LogP contribution is -2.52. The van der Waals surface area contributed by atoms with Gasteiger partial charge in [0.2, 0.25) is 17.7 Å². The molecule has 24 heavy (non-hydrogen) atoms. The van der Waals surface area contributed by atoms with Crippen LogP contribution in [0.1, 0.15) is 31.6 Å². The van der Waals surface area contributed by atoms with Crippen molar-refractivity contribution < 1.29 is 14.4 Å². The highest BCUT2D eigenvalue weighted by Crippen LogP contribution is 2.18. The standard InChI is InChI=1S/C16H21N5O3/c1-12(16-17-5-2-6-18-16)19-7-9-20(10-8-19)15(24)11-21-13(22)3-4-14(21)23/h2,5-6,12H,3-4,7-11H2,1H3. The van der Waals surface area contributed by atoms with E-state index < -0.39 is 0 Å². The largest absolute Gasteiger partial charge is 0.339 e. The van der Waals surface area contributed by atoms with E-state index >= 15 is 0 Å². The third-order valence-electron chi connectivity index (χ3n) is 4.62. The maximum absolute atomic E-state index is 12.3. The molecule has 2 aliphatic rings. The molecule has 2 saturated heterocycles. The second-order valence-corrected chi connectivity index (χ2v) is 6.07. The summed E-state index contributed by atoms with van der Waals surface area (Å²) in [6, 6.07) is 1.87. The fourth-order valence-electron chi connectivity index (χ4n) is 3.08. The zero-order chi connectivity index (χ0) is 17.1. The van der Waals surface area contributed by atoms with Crippen LogP contribution in [0.15, 0.2) is 18.5 Å². The predicted molar refractivity (Wildman–Crippen MR) is 84.6 cm³/mol. The van der Waals surface area contributed by atoms with Crippen LogP contribution in [-0.4, -0.2) is 75.1 Å². The van der Waals surface area contributed by atoms with Crippen molar-refractivity contribution >= 4 is 17.7 Å². The minimum absolute atomic E-state index is 0.0881. The smallest absolute Gasteiger partial charge is 0.242 e. The number of hydrogen-bond acceptors (Lipinski definition) is 6. The summed E-state index contributed by atoms with van der Waals surface area (Å²) in [6.45, 7) is 4.50. The Morgan fingerprint density at radius 1 is 1.08 bits per heavy atom. The van der Waals surface area contributed by atoms with Gasteiger partial charge in [-0.1, -0.05) is 0 Å². The van der Waals surface area contributed by atoms with Gasteiger partial charge in [0.25, 0.3) is 0 Å². The van der Waals surface area contributed by atoms with Gasteiger partial charge in [0.05, 0.1) is 6.04 Å². The van der Waals surface area contributed by atoms with E-state index in [0.717, 1.165) is 10.7 Å². The molecular weight excluding hydrogens is 310 g/mol. The number of hydrogen-bond donors (Lipinski definition) is 0. The van der Waals surface area contributed by atoms with Crippen molar-refractivity contribution in [3.8, 4) is 0 Å². The highest BCUT2D eigenvalue weighted by Gasteiger charge is 2.33. The van der Waals surface area contributed by atoms with Crippen LogP contribution in [0.25, 0.3) is 0 Å². The molecule has 128 valence electrons. The fraction of sp³-hybridized carbons (Fsp3) is 0.562. The van der Waals surface area contributed by atoms with Crippen LogP contribution in [0, 0.1) is 0 Å². The van der Waals surface area contributed by atoms with E-state index in [1.165, 1.54) is 0 Å². The Morgan fingerprint density at radius 3 is 2.25 bits per heavy atom. The van der Waals surface area contributed by atoms with Crippen LogP contribution < -0.4 is 0 Å². The average molecular weight is 331 g/mol. The number of rotatable bonds is 4. The lowest BCUT2D eigenvalue weighted by Gasteiger charge is -2.37. The molecule has 1 aromatic rings. The molecule has 0 N–H and O–H groups in total. The number of aromatic nitrogens is 2. The van der Waals surface area contributed by atoms with E-state index in [9.17, 15) is 14.4 Å². The first-order valence-corrected chi connectivity index (χ1v) is 8.18. The van der Waals surface area contributed by atoms with Crippen LogP contribution in [0.5, 0.6) is 0 Å². The van der Waals surface area contributed by atoms with Gasteiger partial charge in [-0.05, 0) is 13.0 Å². The van der Waals surface area contributed by atoms with E-state index in [4.69, 9.17) is 0 Å². The minimum atomic E-state index is -0.248. The molecule has 0 spiro atoms. The first-order chi connectivity index (χ1) is 11.6. The van der Waals surface area contributed by atoms with E-state index in [1.54, 1.807) is 23.4 Å². The van der Waals surface area contributed by atoms with Crippen molar-refractivity contribution in [2.75, 3.05) is 32.7 Å². The van der Waals surface area contributed by atoms with Crippen molar-refractivity contribution in [2.45, 2.75) is 25.8 Å². The van der Waals surface area contributed by atoms with Crippen molar-refractivity contribution in [3.05, 3.63) is 24.3 Å². The Kier molecular flexibility index (Phi) is 4.84. The molecule has 0 bridgehead atoms. The van der Waals surface area contributed by atoms with Gasteiger partial charge in [-0.3, -0.25) is 24.2 Å². The third-order valence-corrected chi connectivity index (χ3v) is 4.62. The van der Waals surface area contributed by atoms with Gasteiger partial charge in [0.1, 0.15) is 12.4 Å². The van der Waals surface area contributed by atoms with E-state index in [0.29, 0.717) is 26.2 Å². The average Bonchev–Trinajstić information content (AvgIpc) is 2.94. The molecule has 3 heterocycles. The molecule has 3 rings (SSSR count). The van der Waals surface area contributed by atoms with Crippen LogP contribution in [0.3, 0.4) is 0 Å². The van der Waals surface area contributed by atoms with Crippen LogP contribution in [0.2, 0.25) is 0 Å². The lowest BCUT2D eigenvalue weighted by atomic mass is 10.2. The normalized spacial score (nSPS) is 20.5. The molecular formula is C16H21N5O3. The van der Waals surface area contributed by atoms with Crippen molar-refractivity contribution in [1.82, 2.24) is 24.7 Å². The molecule has 2 fully saturated rings. The fourth-order valence-corrected chi connectivity index (χ4v) is 3.08. The summed E-state index contributed by atoms with van der Waals surface area (Å²) in [5, 5.41) is 0. The Labute approximate surface area is 140 Å². The molecule has 0 radical (unpaired) electrons. The highest BCUT2D eigenvalue weighted by molar-refractivity contribution is 6.04. The van der Waals surface area contributed by atoms with Gasteiger partial charge in [-0.15, -0.1) is 0 Å². The maximum Gasteiger partial charge on any atom is 0.242 e. The molecule has 2 aliphatic heterocycles. The number of amides is 3. The van der Waals surface area contributed by atoms with Crippen LogP contribution in [-0.2, 0) is 14.4 Å². The number of piperazine rings is 1. The van der Waals surface area contributed by atoms with Crippen LogP contribution >= 0.6 is 0 Å². The van der Waals surface area contributed by atoms with E-state index in [1.807, 2.05) is 6.92 Å². The van der Waals surface area contributed by atoms with Gasteiger partial charge in [-0.2, -0.15) is 0 Å². The summed E-state index contributed by atoms with van der Waals surface area (Å²) in [6.07, 6.45) is 3.88. The van der Waals surface area contributed by atoms with Crippen molar-refractivity contribution in [3.63, 3.8) is 0 Å². The number of carbonyl (C=O) groups is 3. The number of likely N-dealkylation sites (tertiary alicyclic amines) is 1. The SMILES string of the molecule is CC(c1ncccn1)N1CCN(C(=O)CN2C(=O)CCC2=O)CC1. The minimum Gasteiger partial charge on any atom is -0.339 e. The Bertz CT molecular complexity index is 612. The first kappa shape index (κ1) is 16.5. The van der Waals surface area contributed by atoms with E-state index in [-0.39, 0.29) is 43.1 Å². The zero-order valence-corrected chi connectivity index (χ0v) is 13.7. The molecule has 1 unspecified atom stereocenters. The third kappa shape index (κ3) is 3.43. The molecule has 8 heteroatoms. The quantitative estimate of drug-likeness (QED) is 0.712. The molecule has 8 nitrogen and oxygen atoms in total. The second-order valence-electron chi connectivity index (χ2n) is 6.07. The van der Waals surface area contributed by atoms with Gasteiger partial charge in [0, 0.05) is 51.4 Å². The van der Waals surface area contributed by atoms with Gasteiger partial charge >= 0.3 is 0 Å². The first-order valence-electron chi connectivity index (χ1n) is 8.18. The summed E-state index contributed by atoms with van der Waals surface area (Å²) >= 11 is 0. The summed E-state index contributed by atoms with van der Waals surface area (Å²) in [4.78, 5) is 49.1. The lowest BCUT2D eigenvalue weighted by molar-refractivity contribution is -0.146. The summed E-state index contributed by atoms with van der Waals surface area (Å²) in [5.41, 5.74) is 0. The van der Waals surface area contributed by atoms with Crippen LogP contribution in [0.4, 0.5) is 0 Å². The monoisotopic (exact) mass is 331 g/mol. The predicted octanol–water partition coefficient (Wildman–Crippen LogP) is -0.169. The van der Waals surface area contributed by atoms with Gasteiger partial charge in [0.15, 0.2) is 0 Å². The topological polar surface area (TPSA) is 86.7 Å². The molecule has 0 aliphatic carbocycles. The number of imide groups is 1. The Balaban J connectivity index is 1.52. The van der Waals surface area contributed by atoms with E-state index in [2.05, 4.69) is 14.9 Å².